The van der Waals surface area contributed by atoms with Crippen molar-refractivity contribution in [2.24, 2.45) is 0 Å². The van der Waals surface area contributed by atoms with E-state index in [1.807, 2.05) is 25.1 Å². The molecule has 6 heteroatoms. The van der Waals surface area contributed by atoms with E-state index in [0.29, 0.717) is 6.42 Å². The Kier molecular flexibility index (Phi) is 4.43. The lowest BCUT2D eigenvalue weighted by molar-refractivity contribution is -0.143. The molecule has 1 aromatic carbocycles. The Morgan fingerprint density at radius 2 is 2.17 bits per heavy atom. The van der Waals surface area contributed by atoms with Crippen molar-refractivity contribution in [1.82, 2.24) is 20.3 Å². The van der Waals surface area contributed by atoms with Gasteiger partial charge in [-0.25, -0.2) is 4.98 Å². The zero-order valence-electron chi connectivity index (χ0n) is 13.2. The summed E-state index contributed by atoms with van der Waals surface area (Å²) in [5.41, 5.74) is 2.91. The smallest absolute Gasteiger partial charge is 0.322 e. The van der Waals surface area contributed by atoms with E-state index >= 15 is 0 Å². The van der Waals surface area contributed by atoms with E-state index in [4.69, 9.17) is 4.74 Å². The van der Waals surface area contributed by atoms with Gasteiger partial charge in [-0.05, 0) is 23.9 Å². The molecule has 1 unspecified atom stereocenters. The molecule has 2 aromatic heterocycles. The molecule has 6 nitrogen and oxygen atoms in total. The first-order valence-electron chi connectivity index (χ1n) is 7.62. The second-order valence-corrected chi connectivity index (χ2v) is 5.40. The minimum Gasteiger partial charge on any atom is -0.468 e. The minimum atomic E-state index is -0.389. The van der Waals surface area contributed by atoms with Gasteiger partial charge in [0.1, 0.15) is 6.04 Å². The van der Waals surface area contributed by atoms with E-state index in [9.17, 15) is 4.79 Å². The van der Waals surface area contributed by atoms with Crippen LogP contribution in [0.4, 0.5) is 0 Å². The van der Waals surface area contributed by atoms with E-state index < -0.39 is 0 Å². The number of nitrogens with zero attached hydrogens (tertiary/aromatic N) is 1. The summed E-state index contributed by atoms with van der Waals surface area (Å²) >= 11 is 0. The Labute approximate surface area is 134 Å². The van der Waals surface area contributed by atoms with Gasteiger partial charge in [0.2, 0.25) is 0 Å². The van der Waals surface area contributed by atoms with Gasteiger partial charge in [0.25, 0.3) is 0 Å². The summed E-state index contributed by atoms with van der Waals surface area (Å²) in [7, 11) is 1.40. The molecule has 23 heavy (non-hydrogen) atoms. The molecule has 3 N–H and O–H groups in total. The zero-order valence-corrected chi connectivity index (χ0v) is 13.2. The van der Waals surface area contributed by atoms with Gasteiger partial charge >= 0.3 is 5.97 Å². The number of nitrogens with one attached hydrogen (secondary N) is 3. The van der Waals surface area contributed by atoms with Gasteiger partial charge in [0, 0.05) is 17.4 Å². The van der Waals surface area contributed by atoms with Crippen molar-refractivity contribution in [3.8, 4) is 0 Å². The zero-order chi connectivity index (χ0) is 16.2. The van der Waals surface area contributed by atoms with Crippen LogP contribution >= 0.6 is 0 Å². The quantitative estimate of drug-likeness (QED) is 0.611. The van der Waals surface area contributed by atoms with Gasteiger partial charge < -0.3 is 14.7 Å². The molecular weight excluding hydrogens is 292 g/mol. The number of carbonyl (C=O) groups excluding carboxylic acids is 1. The van der Waals surface area contributed by atoms with Crippen molar-refractivity contribution in [3.05, 3.63) is 54.2 Å². The van der Waals surface area contributed by atoms with Crippen molar-refractivity contribution in [2.75, 3.05) is 7.11 Å². The molecule has 0 saturated carbocycles. The number of H-pyrrole nitrogens is 2. The van der Waals surface area contributed by atoms with E-state index in [0.717, 1.165) is 22.3 Å². The van der Waals surface area contributed by atoms with Crippen LogP contribution in [0.3, 0.4) is 0 Å². The van der Waals surface area contributed by atoms with Crippen LogP contribution in [0.25, 0.3) is 10.9 Å². The lowest BCUT2D eigenvalue weighted by atomic mass is 10.1. The molecule has 0 amide bonds. The van der Waals surface area contributed by atoms with Gasteiger partial charge in [-0.2, -0.15) is 0 Å². The van der Waals surface area contributed by atoms with E-state index in [1.54, 1.807) is 12.5 Å². The van der Waals surface area contributed by atoms with Crippen LogP contribution in [0.15, 0.2) is 42.9 Å². The Bertz CT molecular complexity index is 746. The number of aromatic nitrogens is 3. The van der Waals surface area contributed by atoms with Gasteiger partial charge in [-0.1, -0.05) is 25.1 Å². The Balaban J connectivity index is 1.97. The summed E-state index contributed by atoms with van der Waals surface area (Å²) in [6.07, 6.45) is 4.02. The summed E-state index contributed by atoms with van der Waals surface area (Å²) in [4.78, 5) is 22.6. The molecule has 0 radical (unpaired) electrons. The normalized spacial score (nSPS) is 13.8. The van der Waals surface area contributed by atoms with Crippen molar-refractivity contribution in [2.45, 2.75) is 25.4 Å². The van der Waals surface area contributed by atoms with Crippen LogP contribution in [0.2, 0.25) is 0 Å². The Morgan fingerprint density at radius 1 is 1.35 bits per heavy atom. The SMILES string of the molecule is CC[C@H](NC(c1cnc[nH]1)c1cc2ccccc2[nH]1)C(=O)OC. The summed E-state index contributed by atoms with van der Waals surface area (Å²) in [5, 5.41) is 4.48. The van der Waals surface area contributed by atoms with Crippen LogP contribution in [-0.4, -0.2) is 34.1 Å². The number of benzene rings is 1. The molecule has 0 fully saturated rings. The van der Waals surface area contributed by atoms with Crippen molar-refractivity contribution in [1.29, 1.82) is 0 Å². The summed E-state index contributed by atoms with van der Waals surface area (Å²) in [6, 6.07) is 9.57. The lowest BCUT2D eigenvalue weighted by Gasteiger charge is -2.22. The van der Waals surface area contributed by atoms with Gasteiger partial charge in [-0.15, -0.1) is 0 Å². The number of ether oxygens (including phenoxy) is 1. The number of fused-ring (bicyclic) bond motifs is 1. The maximum atomic E-state index is 11.9. The van der Waals surface area contributed by atoms with Gasteiger partial charge in [-0.3, -0.25) is 10.1 Å². The number of hydrogen-bond acceptors (Lipinski definition) is 4. The average Bonchev–Trinajstić information content (AvgIpc) is 3.24. The van der Waals surface area contributed by atoms with E-state index in [2.05, 4.69) is 32.4 Å². The van der Waals surface area contributed by atoms with Gasteiger partial charge in [0.15, 0.2) is 0 Å². The second kappa shape index (κ2) is 6.66. The highest BCUT2D eigenvalue weighted by Crippen LogP contribution is 2.25. The Hall–Kier alpha value is -2.60. The summed E-state index contributed by atoms with van der Waals surface area (Å²) < 4.78 is 4.88. The van der Waals surface area contributed by atoms with E-state index in [-0.39, 0.29) is 18.1 Å². The first kappa shape index (κ1) is 15.3. The van der Waals surface area contributed by atoms with Crippen LogP contribution in [0.5, 0.6) is 0 Å². The van der Waals surface area contributed by atoms with Crippen molar-refractivity contribution >= 4 is 16.9 Å². The molecule has 3 aromatic rings. The van der Waals surface area contributed by atoms with Crippen LogP contribution in [0, 0.1) is 0 Å². The third-order valence-electron chi connectivity index (χ3n) is 3.95. The summed E-state index contributed by atoms with van der Waals surface area (Å²) in [5.74, 6) is -0.270. The number of hydrogen-bond donors (Lipinski definition) is 3. The maximum absolute atomic E-state index is 11.9. The molecule has 120 valence electrons. The predicted molar refractivity (Wildman–Crippen MR) is 88.0 cm³/mol. The highest BCUT2D eigenvalue weighted by Gasteiger charge is 2.25. The molecule has 0 aliphatic rings. The predicted octanol–water partition coefficient (Wildman–Crippen LogP) is 2.52. The molecule has 0 bridgehead atoms. The molecule has 0 aliphatic heterocycles. The molecule has 2 heterocycles. The molecular formula is C17H20N4O2. The van der Waals surface area contributed by atoms with Crippen molar-refractivity contribution < 1.29 is 9.53 Å². The number of rotatable bonds is 6. The average molecular weight is 312 g/mol. The lowest BCUT2D eigenvalue weighted by Crippen LogP contribution is -2.40. The van der Waals surface area contributed by atoms with Crippen LogP contribution in [0.1, 0.15) is 30.8 Å². The Morgan fingerprint density at radius 3 is 2.83 bits per heavy atom. The second-order valence-electron chi connectivity index (χ2n) is 5.40. The number of carbonyl (C=O) groups is 1. The molecule has 0 saturated heterocycles. The molecule has 0 spiro atoms. The fraction of sp³-hybridized carbons (Fsp3) is 0.294. The number of aromatic amines is 2. The van der Waals surface area contributed by atoms with Crippen molar-refractivity contribution in [3.63, 3.8) is 0 Å². The fourth-order valence-corrected chi connectivity index (χ4v) is 2.72. The number of imidazole rings is 1. The third-order valence-corrected chi connectivity index (χ3v) is 3.95. The first-order chi connectivity index (χ1) is 11.2. The summed E-state index contributed by atoms with van der Waals surface area (Å²) in [6.45, 7) is 1.95. The third kappa shape index (κ3) is 3.12. The van der Waals surface area contributed by atoms with E-state index in [1.165, 1.54) is 7.11 Å². The number of methoxy groups -OCH3 is 1. The largest absolute Gasteiger partial charge is 0.468 e. The minimum absolute atomic E-state index is 0.200. The highest BCUT2D eigenvalue weighted by atomic mass is 16.5. The topological polar surface area (TPSA) is 82.8 Å². The van der Waals surface area contributed by atoms with Crippen LogP contribution in [-0.2, 0) is 9.53 Å². The molecule has 0 aliphatic carbocycles. The number of para-hydroxylation sites is 1. The highest BCUT2D eigenvalue weighted by molar-refractivity contribution is 5.80. The van der Waals surface area contributed by atoms with Crippen LogP contribution < -0.4 is 5.32 Å². The maximum Gasteiger partial charge on any atom is 0.322 e. The first-order valence-corrected chi connectivity index (χ1v) is 7.62. The molecule has 3 rings (SSSR count). The fourth-order valence-electron chi connectivity index (χ4n) is 2.72. The van der Waals surface area contributed by atoms with Gasteiger partial charge in [0.05, 0.1) is 25.2 Å². The monoisotopic (exact) mass is 312 g/mol. The standard InChI is InChI=1S/C17H20N4O2/c1-3-12(17(22)23-2)21-16(15-9-18-10-19-15)14-8-11-6-4-5-7-13(11)20-14/h4-10,12,16,20-21H,3H2,1-2H3,(H,18,19)/t12-,16?/m0/s1. The molecule has 2 atom stereocenters. The number of esters is 1.